The van der Waals surface area contributed by atoms with Crippen molar-refractivity contribution in [1.29, 1.82) is 5.26 Å². The van der Waals surface area contributed by atoms with Gasteiger partial charge in [-0.3, -0.25) is 0 Å². The van der Waals surface area contributed by atoms with E-state index in [1.807, 2.05) is 0 Å². The second kappa shape index (κ2) is 4.75. The molecule has 2 aliphatic carbocycles. The van der Waals surface area contributed by atoms with Gasteiger partial charge in [0.25, 0.3) is 0 Å². The van der Waals surface area contributed by atoms with Crippen LogP contribution in [0.5, 0.6) is 0 Å². The molecule has 90 valence electrons. The highest BCUT2D eigenvalue weighted by atomic mass is 14.9. The maximum Gasteiger partial charge on any atom is 0.0628 e. The van der Waals surface area contributed by atoms with Crippen LogP contribution in [0.1, 0.15) is 58.3 Å². The van der Waals surface area contributed by atoms with Gasteiger partial charge in [0, 0.05) is 19.5 Å². The van der Waals surface area contributed by atoms with Crippen molar-refractivity contribution in [1.82, 2.24) is 5.32 Å². The van der Waals surface area contributed by atoms with Crippen LogP contribution in [0.3, 0.4) is 0 Å². The summed E-state index contributed by atoms with van der Waals surface area (Å²) in [6, 6.07) is 2.33. The summed E-state index contributed by atoms with van der Waals surface area (Å²) in [4.78, 5) is 0. The van der Waals surface area contributed by atoms with Crippen molar-refractivity contribution in [3.63, 3.8) is 0 Å². The van der Waals surface area contributed by atoms with Crippen molar-refractivity contribution < 1.29 is 0 Å². The van der Waals surface area contributed by atoms with E-state index < -0.39 is 0 Å². The fourth-order valence-corrected chi connectivity index (χ4v) is 3.13. The van der Waals surface area contributed by atoms with E-state index in [1.165, 1.54) is 51.5 Å². The number of rotatable bonds is 6. The molecule has 0 heterocycles. The number of hydrogen-bond donors (Lipinski definition) is 1. The molecule has 2 fully saturated rings. The molecular weight excluding hydrogens is 196 g/mol. The van der Waals surface area contributed by atoms with Gasteiger partial charge in [-0.25, -0.2) is 0 Å². The first-order valence-electron chi connectivity index (χ1n) is 6.82. The van der Waals surface area contributed by atoms with E-state index in [1.54, 1.807) is 0 Å². The van der Waals surface area contributed by atoms with Crippen LogP contribution in [-0.2, 0) is 0 Å². The summed E-state index contributed by atoms with van der Waals surface area (Å²) < 4.78 is 0. The van der Waals surface area contributed by atoms with Gasteiger partial charge in [-0.1, -0.05) is 19.8 Å². The third kappa shape index (κ3) is 2.58. The topological polar surface area (TPSA) is 35.8 Å². The van der Waals surface area contributed by atoms with Crippen LogP contribution in [0.2, 0.25) is 0 Å². The van der Waals surface area contributed by atoms with Gasteiger partial charge >= 0.3 is 0 Å². The maximum absolute atomic E-state index is 8.77. The van der Waals surface area contributed by atoms with Crippen molar-refractivity contribution >= 4 is 0 Å². The van der Waals surface area contributed by atoms with Crippen LogP contribution in [0.15, 0.2) is 0 Å². The van der Waals surface area contributed by atoms with Gasteiger partial charge in [0.2, 0.25) is 0 Å². The molecule has 0 atom stereocenters. The van der Waals surface area contributed by atoms with E-state index in [-0.39, 0.29) is 0 Å². The van der Waals surface area contributed by atoms with E-state index in [0.717, 1.165) is 13.0 Å². The van der Waals surface area contributed by atoms with E-state index >= 15 is 0 Å². The van der Waals surface area contributed by atoms with Gasteiger partial charge in [-0.15, -0.1) is 0 Å². The van der Waals surface area contributed by atoms with E-state index in [0.29, 0.717) is 10.8 Å². The molecular formula is C14H24N2. The highest BCUT2D eigenvalue weighted by molar-refractivity contribution is 5.01. The van der Waals surface area contributed by atoms with Gasteiger partial charge in [-0.2, -0.15) is 5.26 Å². The molecule has 0 aromatic carbocycles. The zero-order valence-electron chi connectivity index (χ0n) is 10.5. The number of hydrogen-bond acceptors (Lipinski definition) is 2. The van der Waals surface area contributed by atoms with E-state index in [4.69, 9.17) is 5.26 Å². The quantitative estimate of drug-likeness (QED) is 0.746. The Morgan fingerprint density at radius 1 is 1.06 bits per heavy atom. The molecule has 1 N–H and O–H groups in total. The standard InChI is InChI=1S/C14H24N2/c1-2-13(5-3-4-6-13)11-16-12-14(7-8-14)9-10-15/h16H,2-9,11-12H2,1H3. The Balaban J connectivity index is 1.73. The second-order valence-electron chi connectivity index (χ2n) is 6.00. The lowest BCUT2D eigenvalue weighted by Crippen LogP contribution is -2.35. The van der Waals surface area contributed by atoms with Gasteiger partial charge in [-0.05, 0) is 42.9 Å². The first-order chi connectivity index (χ1) is 7.74. The normalized spacial score (nSPS) is 25.2. The number of nitrogens with zero attached hydrogens (tertiary/aromatic N) is 1. The summed E-state index contributed by atoms with van der Waals surface area (Å²) in [5.41, 5.74) is 0.949. The lowest BCUT2D eigenvalue weighted by Gasteiger charge is -2.28. The van der Waals surface area contributed by atoms with Gasteiger partial charge in [0.15, 0.2) is 0 Å². The van der Waals surface area contributed by atoms with Crippen LogP contribution >= 0.6 is 0 Å². The predicted octanol–water partition coefficient (Wildman–Crippen LogP) is 3.24. The minimum Gasteiger partial charge on any atom is -0.316 e. The maximum atomic E-state index is 8.77. The average Bonchev–Trinajstić information content (AvgIpc) is 2.89. The Labute approximate surface area is 99.4 Å². The fourth-order valence-electron chi connectivity index (χ4n) is 3.13. The van der Waals surface area contributed by atoms with E-state index in [9.17, 15) is 0 Å². The molecule has 0 aromatic rings. The Hall–Kier alpha value is -0.550. The molecule has 0 saturated heterocycles. The Kier molecular flexibility index (Phi) is 3.54. The molecule has 16 heavy (non-hydrogen) atoms. The molecule has 2 saturated carbocycles. The van der Waals surface area contributed by atoms with Crippen LogP contribution in [0.25, 0.3) is 0 Å². The van der Waals surface area contributed by atoms with Crippen LogP contribution < -0.4 is 5.32 Å². The second-order valence-corrected chi connectivity index (χ2v) is 6.00. The summed E-state index contributed by atoms with van der Waals surface area (Å²) in [6.45, 7) is 4.58. The highest BCUT2D eigenvalue weighted by Gasteiger charge is 2.42. The zero-order chi connectivity index (χ0) is 11.5. The first-order valence-corrected chi connectivity index (χ1v) is 6.82. The number of nitriles is 1. The fraction of sp³-hybridized carbons (Fsp3) is 0.929. The van der Waals surface area contributed by atoms with Crippen molar-refractivity contribution in [3.05, 3.63) is 0 Å². The van der Waals surface area contributed by atoms with Crippen molar-refractivity contribution in [2.24, 2.45) is 10.8 Å². The summed E-state index contributed by atoms with van der Waals surface area (Å²) in [7, 11) is 0. The molecule has 2 nitrogen and oxygen atoms in total. The Morgan fingerprint density at radius 3 is 2.19 bits per heavy atom. The smallest absolute Gasteiger partial charge is 0.0628 e. The Morgan fingerprint density at radius 2 is 1.69 bits per heavy atom. The molecule has 0 amide bonds. The predicted molar refractivity (Wildman–Crippen MR) is 66.0 cm³/mol. The zero-order valence-corrected chi connectivity index (χ0v) is 10.5. The van der Waals surface area contributed by atoms with Crippen LogP contribution in [0.4, 0.5) is 0 Å². The lowest BCUT2D eigenvalue weighted by molar-refractivity contribution is 0.259. The molecule has 2 aliphatic rings. The monoisotopic (exact) mass is 220 g/mol. The largest absolute Gasteiger partial charge is 0.316 e. The third-order valence-corrected chi connectivity index (χ3v) is 4.83. The molecule has 2 rings (SSSR count). The van der Waals surface area contributed by atoms with Crippen molar-refractivity contribution in [2.45, 2.75) is 58.3 Å². The summed E-state index contributed by atoms with van der Waals surface area (Å²) >= 11 is 0. The molecule has 0 unspecified atom stereocenters. The molecule has 2 heteroatoms. The SMILES string of the molecule is CCC1(CNCC2(CC#N)CC2)CCCC1. The molecule has 0 radical (unpaired) electrons. The third-order valence-electron chi connectivity index (χ3n) is 4.83. The van der Waals surface area contributed by atoms with Crippen LogP contribution in [0, 0.1) is 22.2 Å². The average molecular weight is 220 g/mol. The summed E-state index contributed by atoms with van der Waals surface area (Å²) in [5.74, 6) is 0. The van der Waals surface area contributed by atoms with Gasteiger partial charge in [0.05, 0.1) is 6.07 Å². The van der Waals surface area contributed by atoms with Crippen LogP contribution in [-0.4, -0.2) is 13.1 Å². The van der Waals surface area contributed by atoms with Crippen molar-refractivity contribution in [2.75, 3.05) is 13.1 Å². The van der Waals surface area contributed by atoms with Crippen molar-refractivity contribution in [3.8, 4) is 6.07 Å². The van der Waals surface area contributed by atoms with Gasteiger partial charge < -0.3 is 5.32 Å². The molecule has 0 aliphatic heterocycles. The highest BCUT2D eigenvalue weighted by Crippen LogP contribution is 2.48. The lowest BCUT2D eigenvalue weighted by atomic mass is 9.83. The first kappa shape index (κ1) is 11.9. The Bertz CT molecular complexity index is 267. The van der Waals surface area contributed by atoms with E-state index in [2.05, 4.69) is 18.3 Å². The summed E-state index contributed by atoms with van der Waals surface area (Å²) in [5, 5.41) is 12.4. The minimum absolute atomic E-state index is 0.363. The summed E-state index contributed by atoms with van der Waals surface area (Å²) in [6.07, 6.45) is 10.2. The number of nitrogens with one attached hydrogen (secondary N) is 1. The molecule has 0 spiro atoms. The minimum atomic E-state index is 0.363. The van der Waals surface area contributed by atoms with Gasteiger partial charge in [0.1, 0.15) is 0 Å². The molecule has 0 bridgehead atoms. The molecule has 0 aromatic heterocycles.